The molecule has 0 saturated carbocycles. The average molecular weight is 176 g/mol. The molecule has 0 radical (unpaired) electrons. The fourth-order valence-electron chi connectivity index (χ4n) is 0.942. The van der Waals surface area contributed by atoms with Crippen LogP contribution in [0.1, 0.15) is 0 Å². The van der Waals surface area contributed by atoms with Crippen LogP contribution in [0.25, 0.3) is 0 Å². The Balaban J connectivity index is 2.58. The minimum atomic E-state index is 0.659. The Morgan fingerprint density at radius 3 is 2.38 bits per heavy atom. The minimum Gasteiger partial charge on any atom is -0.382 e. The Bertz CT molecular complexity index is 279. The van der Waals surface area contributed by atoms with E-state index in [4.69, 9.17) is 0 Å². The molecule has 1 rings (SSSR count). The van der Waals surface area contributed by atoms with Gasteiger partial charge >= 0.3 is 0 Å². The predicted molar refractivity (Wildman–Crippen MR) is 54.8 cm³/mol. The molecule has 0 fully saturated rings. The molecule has 0 unspecified atom stereocenters. The lowest BCUT2D eigenvalue weighted by Gasteiger charge is -2.03. The summed E-state index contributed by atoms with van der Waals surface area (Å²) in [6, 6.07) is 7.46. The first-order valence-corrected chi connectivity index (χ1v) is 4.02. The molecule has 0 aliphatic rings. The van der Waals surface area contributed by atoms with E-state index >= 15 is 0 Å². The molecule has 3 nitrogen and oxygen atoms in total. The molecule has 0 aliphatic carbocycles. The second kappa shape index (κ2) is 4.98. The van der Waals surface area contributed by atoms with Crippen LogP contribution in [0.3, 0.4) is 0 Å². The molecule has 1 aromatic rings. The normalized spacial score (nSPS) is 8.92. The van der Waals surface area contributed by atoms with Gasteiger partial charge in [0.25, 0.3) is 0 Å². The third-order valence-electron chi connectivity index (χ3n) is 1.56. The van der Waals surface area contributed by atoms with Crippen molar-refractivity contribution in [3.8, 4) is 0 Å². The molecule has 1 aromatic carbocycles. The first-order chi connectivity index (χ1) is 6.36. The predicted octanol–water partition coefficient (Wildman–Crippen LogP) is 1.85. The van der Waals surface area contributed by atoms with Gasteiger partial charge in [-0.1, -0.05) is 6.08 Å². The van der Waals surface area contributed by atoms with Crippen LogP contribution in [-0.2, 0) is 4.79 Å². The van der Waals surface area contributed by atoms with E-state index in [9.17, 15) is 4.79 Å². The van der Waals surface area contributed by atoms with E-state index in [-0.39, 0.29) is 0 Å². The second-order valence-corrected chi connectivity index (χ2v) is 2.51. The van der Waals surface area contributed by atoms with Crippen molar-refractivity contribution in [3.05, 3.63) is 36.9 Å². The van der Waals surface area contributed by atoms with Crippen LogP contribution in [0.4, 0.5) is 11.4 Å². The number of benzene rings is 1. The highest BCUT2D eigenvalue weighted by molar-refractivity contribution is 5.72. The van der Waals surface area contributed by atoms with Crippen molar-refractivity contribution in [2.24, 2.45) is 0 Å². The van der Waals surface area contributed by atoms with Gasteiger partial charge in [-0.15, -0.1) is 6.58 Å². The highest BCUT2D eigenvalue weighted by Gasteiger charge is 1.90. The fourth-order valence-corrected chi connectivity index (χ4v) is 0.942. The lowest BCUT2D eigenvalue weighted by Crippen LogP contribution is -1.98. The van der Waals surface area contributed by atoms with Crippen LogP contribution >= 0.6 is 0 Å². The number of carbonyl (C=O) groups excluding carboxylic acids is 1. The maximum absolute atomic E-state index is 10.1. The molecule has 0 atom stereocenters. The van der Waals surface area contributed by atoms with Crippen molar-refractivity contribution >= 4 is 17.8 Å². The molecule has 0 aliphatic heterocycles. The zero-order chi connectivity index (χ0) is 9.52. The zero-order valence-electron chi connectivity index (χ0n) is 7.29. The monoisotopic (exact) mass is 176 g/mol. The van der Waals surface area contributed by atoms with E-state index in [1.165, 1.54) is 0 Å². The van der Waals surface area contributed by atoms with E-state index in [0.29, 0.717) is 6.41 Å². The van der Waals surface area contributed by atoms with Crippen LogP contribution in [0.5, 0.6) is 0 Å². The summed E-state index contributed by atoms with van der Waals surface area (Å²) in [5.74, 6) is 0. The van der Waals surface area contributed by atoms with E-state index in [2.05, 4.69) is 17.2 Å². The van der Waals surface area contributed by atoms with Crippen LogP contribution in [-0.4, -0.2) is 13.0 Å². The largest absolute Gasteiger partial charge is 0.382 e. The topological polar surface area (TPSA) is 41.1 Å². The standard InChI is InChI=1S/C10H12N2O/c1-2-7-11-9-3-5-10(6-4-9)12-8-13/h2-6,8,11H,1,7H2,(H,12,13). The molecule has 3 heteroatoms. The van der Waals surface area contributed by atoms with Crippen molar-refractivity contribution in [2.45, 2.75) is 0 Å². The molecule has 0 aromatic heterocycles. The summed E-state index contributed by atoms with van der Waals surface area (Å²) in [5, 5.41) is 5.69. The lowest BCUT2D eigenvalue weighted by atomic mass is 10.3. The smallest absolute Gasteiger partial charge is 0.211 e. The number of nitrogens with one attached hydrogen (secondary N) is 2. The van der Waals surface area contributed by atoms with Gasteiger partial charge in [-0.05, 0) is 24.3 Å². The second-order valence-electron chi connectivity index (χ2n) is 2.51. The molecule has 13 heavy (non-hydrogen) atoms. The van der Waals surface area contributed by atoms with Gasteiger partial charge in [0.05, 0.1) is 0 Å². The van der Waals surface area contributed by atoms with Crippen molar-refractivity contribution in [1.82, 2.24) is 0 Å². The fraction of sp³-hybridized carbons (Fsp3) is 0.100. The van der Waals surface area contributed by atoms with E-state index in [1.807, 2.05) is 24.3 Å². The zero-order valence-corrected chi connectivity index (χ0v) is 7.29. The van der Waals surface area contributed by atoms with Gasteiger partial charge in [0.1, 0.15) is 0 Å². The molecule has 0 heterocycles. The van der Waals surface area contributed by atoms with Gasteiger partial charge in [0, 0.05) is 17.9 Å². The highest BCUT2D eigenvalue weighted by Crippen LogP contribution is 2.12. The minimum absolute atomic E-state index is 0.659. The first kappa shape index (κ1) is 9.32. The van der Waals surface area contributed by atoms with Gasteiger partial charge < -0.3 is 10.6 Å². The molecule has 0 spiro atoms. The third kappa shape index (κ3) is 2.99. The maximum Gasteiger partial charge on any atom is 0.211 e. The molecular weight excluding hydrogens is 164 g/mol. The van der Waals surface area contributed by atoms with Crippen molar-refractivity contribution < 1.29 is 4.79 Å². The van der Waals surface area contributed by atoms with Crippen molar-refractivity contribution in [2.75, 3.05) is 17.2 Å². The number of anilines is 2. The van der Waals surface area contributed by atoms with Crippen LogP contribution in [0.2, 0.25) is 0 Å². The summed E-state index contributed by atoms with van der Waals surface area (Å²) in [6.07, 6.45) is 2.45. The summed E-state index contributed by atoms with van der Waals surface area (Å²) in [6.45, 7) is 4.34. The van der Waals surface area contributed by atoms with Gasteiger partial charge in [0.2, 0.25) is 6.41 Å². The summed E-state index contributed by atoms with van der Waals surface area (Å²) < 4.78 is 0. The Morgan fingerprint density at radius 2 is 1.85 bits per heavy atom. The lowest BCUT2D eigenvalue weighted by molar-refractivity contribution is -0.105. The van der Waals surface area contributed by atoms with Crippen molar-refractivity contribution in [1.29, 1.82) is 0 Å². The molecular formula is C10H12N2O. The van der Waals surface area contributed by atoms with E-state index < -0.39 is 0 Å². The third-order valence-corrected chi connectivity index (χ3v) is 1.56. The van der Waals surface area contributed by atoms with Crippen LogP contribution in [0, 0.1) is 0 Å². The average Bonchev–Trinajstić information content (AvgIpc) is 2.17. The Hall–Kier alpha value is -1.77. The molecule has 0 saturated heterocycles. The Kier molecular flexibility index (Phi) is 3.57. The Morgan fingerprint density at radius 1 is 1.23 bits per heavy atom. The SMILES string of the molecule is C=CCNc1ccc(NC=O)cc1. The molecule has 0 bridgehead atoms. The van der Waals surface area contributed by atoms with Gasteiger partial charge in [0.15, 0.2) is 0 Å². The van der Waals surface area contributed by atoms with Gasteiger partial charge in [-0.3, -0.25) is 4.79 Å². The highest BCUT2D eigenvalue weighted by atomic mass is 16.1. The number of rotatable bonds is 5. The Labute approximate surface area is 77.5 Å². The summed E-state index contributed by atoms with van der Waals surface area (Å²) in [7, 11) is 0. The molecule has 68 valence electrons. The van der Waals surface area contributed by atoms with Gasteiger partial charge in [-0.2, -0.15) is 0 Å². The summed E-state index contributed by atoms with van der Waals surface area (Å²) in [4.78, 5) is 10.1. The summed E-state index contributed by atoms with van der Waals surface area (Å²) in [5.41, 5.74) is 1.80. The molecule has 2 N–H and O–H groups in total. The van der Waals surface area contributed by atoms with E-state index in [0.717, 1.165) is 17.9 Å². The number of hydrogen-bond donors (Lipinski definition) is 2. The molecule has 1 amide bonds. The van der Waals surface area contributed by atoms with E-state index in [1.54, 1.807) is 6.08 Å². The van der Waals surface area contributed by atoms with Crippen molar-refractivity contribution in [3.63, 3.8) is 0 Å². The van der Waals surface area contributed by atoms with Gasteiger partial charge in [-0.25, -0.2) is 0 Å². The quantitative estimate of drug-likeness (QED) is 0.531. The van der Waals surface area contributed by atoms with Crippen LogP contribution in [0.15, 0.2) is 36.9 Å². The summed E-state index contributed by atoms with van der Waals surface area (Å²) >= 11 is 0. The number of carbonyl (C=O) groups is 1. The number of hydrogen-bond acceptors (Lipinski definition) is 2. The van der Waals surface area contributed by atoms with Crippen LogP contribution < -0.4 is 10.6 Å². The maximum atomic E-state index is 10.1. The number of amides is 1. The first-order valence-electron chi connectivity index (χ1n) is 4.02.